The van der Waals surface area contributed by atoms with E-state index in [9.17, 15) is 0 Å². The molecule has 1 N–H and O–H groups in total. The van der Waals surface area contributed by atoms with Gasteiger partial charge >= 0.3 is 0 Å². The van der Waals surface area contributed by atoms with E-state index in [4.69, 9.17) is 17.0 Å². The van der Waals surface area contributed by atoms with Crippen LogP contribution < -0.4 is 0 Å². The van der Waals surface area contributed by atoms with Gasteiger partial charge in [0.1, 0.15) is 10.5 Å². The first-order valence-corrected chi connectivity index (χ1v) is 6.05. The molecule has 0 amide bonds. The molecule has 88 valence electrons. The summed E-state index contributed by atoms with van der Waals surface area (Å²) in [5.41, 5.74) is 2.51. The molecule has 1 aliphatic heterocycles. The molecule has 3 nitrogen and oxygen atoms in total. The first-order chi connectivity index (χ1) is 7.46. The van der Waals surface area contributed by atoms with Crippen molar-refractivity contribution >= 4 is 12.2 Å². The molecule has 0 spiro atoms. The molecular weight excluding hydrogens is 220 g/mol. The van der Waals surface area contributed by atoms with Crippen molar-refractivity contribution in [2.24, 2.45) is 5.41 Å². The van der Waals surface area contributed by atoms with Crippen molar-refractivity contribution in [3.05, 3.63) is 21.7 Å². The Morgan fingerprint density at radius 3 is 2.88 bits per heavy atom. The van der Waals surface area contributed by atoms with E-state index in [1.807, 2.05) is 0 Å². The summed E-state index contributed by atoms with van der Waals surface area (Å²) < 4.78 is 6.09. The Labute approximate surface area is 101 Å². The van der Waals surface area contributed by atoms with Crippen LogP contribution in [0.3, 0.4) is 0 Å². The number of aromatic nitrogens is 2. The van der Waals surface area contributed by atoms with Crippen LogP contribution in [0, 0.1) is 10.1 Å². The Bertz CT molecular complexity index is 445. The van der Waals surface area contributed by atoms with Gasteiger partial charge < -0.3 is 9.72 Å². The Hall–Kier alpha value is -0.740. The third kappa shape index (κ3) is 2.68. The minimum absolute atomic E-state index is 0.227. The van der Waals surface area contributed by atoms with Crippen LogP contribution >= 0.6 is 12.2 Å². The number of nitrogens with zero attached hydrogens (tertiary/aromatic N) is 1. The van der Waals surface area contributed by atoms with Crippen LogP contribution in [-0.2, 0) is 24.2 Å². The van der Waals surface area contributed by atoms with Crippen molar-refractivity contribution < 1.29 is 4.74 Å². The SMILES string of the molecule is CC(C)(C)Cc1nc(=S)c2c([nH]1)CCOC2. The fourth-order valence-corrected chi connectivity index (χ4v) is 2.19. The van der Waals surface area contributed by atoms with Crippen LogP contribution in [0.5, 0.6) is 0 Å². The minimum atomic E-state index is 0.227. The second kappa shape index (κ2) is 4.26. The second-order valence-corrected chi connectivity index (χ2v) is 5.87. The van der Waals surface area contributed by atoms with Crippen molar-refractivity contribution in [2.75, 3.05) is 6.61 Å². The van der Waals surface area contributed by atoms with Gasteiger partial charge in [0.2, 0.25) is 0 Å². The molecule has 0 bridgehead atoms. The second-order valence-electron chi connectivity index (χ2n) is 5.49. The molecule has 0 aliphatic carbocycles. The largest absolute Gasteiger partial charge is 0.376 e. The van der Waals surface area contributed by atoms with E-state index in [1.54, 1.807) is 0 Å². The first kappa shape index (κ1) is 11.7. The number of ether oxygens (including phenoxy) is 1. The standard InChI is InChI=1S/C12H18N2OS/c1-12(2,3)6-10-13-9-4-5-15-7-8(9)11(16)14-10/h4-7H2,1-3H3,(H,13,14,16). The maximum absolute atomic E-state index is 5.39. The lowest BCUT2D eigenvalue weighted by atomic mass is 9.92. The summed E-state index contributed by atoms with van der Waals surface area (Å²) in [4.78, 5) is 7.86. The van der Waals surface area contributed by atoms with Crippen LogP contribution in [0.4, 0.5) is 0 Å². The van der Waals surface area contributed by atoms with Gasteiger partial charge in [0, 0.05) is 24.1 Å². The summed E-state index contributed by atoms with van der Waals surface area (Å²) in [5.74, 6) is 0.998. The maximum atomic E-state index is 5.39. The summed E-state index contributed by atoms with van der Waals surface area (Å²) in [5, 5.41) is 0. The van der Waals surface area contributed by atoms with Gasteiger partial charge in [0.15, 0.2) is 0 Å². The van der Waals surface area contributed by atoms with Crippen LogP contribution in [0.25, 0.3) is 0 Å². The summed E-state index contributed by atoms with van der Waals surface area (Å²) in [6, 6.07) is 0. The van der Waals surface area contributed by atoms with Gasteiger partial charge in [-0.15, -0.1) is 0 Å². The Kier molecular flexibility index (Phi) is 3.13. The van der Waals surface area contributed by atoms with Gasteiger partial charge in [-0.25, -0.2) is 4.98 Å². The van der Waals surface area contributed by atoms with Crippen molar-refractivity contribution in [2.45, 2.75) is 40.2 Å². The van der Waals surface area contributed by atoms with Gasteiger partial charge in [-0.1, -0.05) is 33.0 Å². The van der Waals surface area contributed by atoms with Gasteiger partial charge in [0.05, 0.1) is 13.2 Å². The molecular formula is C12H18N2OS. The van der Waals surface area contributed by atoms with E-state index in [0.29, 0.717) is 11.2 Å². The van der Waals surface area contributed by atoms with Crippen molar-refractivity contribution in [3.63, 3.8) is 0 Å². The summed E-state index contributed by atoms with van der Waals surface area (Å²) >= 11 is 5.30. The Morgan fingerprint density at radius 2 is 2.19 bits per heavy atom. The number of fused-ring (bicyclic) bond motifs is 1. The highest BCUT2D eigenvalue weighted by Gasteiger charge is 2.17. The summed E-state index contributed by atoms with van der Waals surface area (Å²) in [6.45, 7) is 7.99. The lowest BCUT2D eigenvalue weighted by Crippen LogP contribution is -2.18. The third-order valence-corrected chi connectivity index (χ3v) is 2.93. The Balaban J connectivity index is 2.36. The van der Waals surface area contributed by atoms with Crippen LogP contribution in [0.2, 0.25) is 0 Å². The normalized spacial score (nSPS) is 15.9. The quantitative estimate of drug-likeness (QED) is 0.765. The van der Waals surface area contributed by atoms with E-state index < -0.39 is 0 Å². The van der Waals surface area contributed by atoms with Crippen molar-refractivity contribution in [1.82, 2.24) is 9.97 Å². The predicted molar refractivity (Wildman–Crippen MR) is 65.9 cm³/mol. The molecule has 0 saturated heterocycles. The predicted octanol–water partition coefficient (Wildman–Crippen LogP) is 2.80. The molecule has 0 unspecified atom stereocenters. The molecule has 0 saturated carbocycles. The number of hydrogen-bond donors (Lipinski definition) is 1. The first-order valence-electron chi connectivity index (χ1n) is 5.64. The molecule has 0 atom stereocenters. The molecule has 1 aromatic heterocycles. The smallest absolute Gasteiger partial charge is 0.135 e. The summed E-state index contributed by atoms with van der Waals surface area (Å²) in [6.07, 6.45) is 1.84. The van der Waals surface area contributed by atoms with E-state index in [0.717, 1.165) is 30.8 Å². The zero-order valence-corrected chi connectivity index (χ0v) is 10.9. The fourth-order valence-electron chi connectivity index (χ4n) is 1.89. The average Bonchev–Trinajstić information content (AvgIpc) is 2.15. The van der Waals surface area contributed by atoms with E-state index >= 15 is 0 Å². The highest BCUT2D eigenvalue weighted by Crippen LogP contribution is 2.21. The maximum Gasteiger partial charge on any atom is 0.135 e. The molecule has 16 heavy (non-hydrogen) atoms. The minimum Gasteiger partial charge on any atom is -0.376 e. The van der Waals surface area contributed by atoms with Gasteiger partial charge in [-0.05, 0) is 5.41 Å². The molecule has 4 heteroatoms. The zero-order chi connectivity index (χ0) is 11.8. The number of nitrogens with one attached hydrogen (secondary N) is 1. The van der Waals surface area contributed by atoms with Crippen LogP contribution in [0.1, 0.15) is 37.9 Å². The number of hydrogen-bond acceptors (Lipinski definition) is 3. The molecule has 1 aliphatic rings. The Morgan fingerprint density at radius 1 is 1.44 bits per heavy atom. The van der Waals surface area contributed by atoms with Crippen molar-refractivity contribution in [3.8, 4) is 0 Å². The lowest BCUT2D eigenvalue weighted by molar-refractivity contribution is 0.108. The van der Waals surface area contributed by atoms with E-state index in [-0.39, 0.29) is 5.41 Å². The number of H-pyrrole nitrogens is 1. The van der Waals surface area contributed by atoms with Gasteiger partial charge in [0.25, 0.3) is 0 Å². The number of aromatic amines is 1. The molecule has 2 rings (SSSR count). The molecule has 2 heterocycles. The van der Waals surface area contributed by atoms with Crippen LogP contribution in [0.15, 0.2) is 0 Å². The van der Waals surface area contributed by atoms with E-state index in [2.05, 4.69) is 30.7 Å². The van der Waals surface area contributed by atoms with Gasteiger partial charge in [-0.2, -0.15) is 0 Å². The fraction of sp³-hybridized carbons (Fsp3) is 0.667. The monoisotopic (exact) mass is 238 g/mol. The topological polar surface area (TPSA) is 37.9 Å². The zero-order valence-electron chi connectivity index (χ0n) is 10.1. The van der Waals surface area contributed by atoms with E-state index in [1.165, 1.54) is 5.69 Å². The molecule has 1 aromatic rings. The van der Waals surface area contributed by atoms with Crippen molar-refractivity contribution in [1.29, 1.82) is 0 Å². The average molecular weight is 238 g/mol. The van der Waals surface area contributed by atoms with Crippen LogP contribution in [-0.4, -0.2) is 16.6 Å². The third-order valence-electron chi connectivity index (χ3n) is 2.59. The molecule has 0 aromatic carbocycles. The summed E-state index contributed by atoms with van der Waals surface area (Å²) in [7, 11) is 0. The lowest BCUT2D eigenvalue weighted by Gasteiger charge is -2.21. The molecule has 0 fully saturated rings. The molecule has 0 radical (unpaired) electrons. The van der Waals surface area contributed by atoms with Gasteiger partial charge in [-0.3, -0.25) is 0 Å². The highest BCUT2D eigenvalue weighted by molar-refractivity contribution is 7.71. The number of rotatable bonds is 1. The highest BCUT2D eigenvalue weighted by atomic mass is 32.1.